The molecule has 2 aliphatic rings. The zero-order chi connectivity index (χ0) is 12.7. The molecule has 1 heterocycles. The van der Waals surface area contributed by atoms with E-state index < -0.39 is 0 Å². The van der Waals surface area contributed by atoms with Crippen molar-refractivity contribution in [3.8, 4) is 0 Å². The molecule has 0 radical (unpaired) electrons. The smallest absolute Gasteiger partial charge is 0.203 e. The summed E-state index contributed by atoms with van der Waals surface area (Å²) in [7, 11) is 0. The van der Waals surface area contributed by atoms with E-state index in [1.807, 2.05) is 0 Å². The fraction of sp³-hybridized carbons (Fsp3) is 0.800. The highest BCUT2D eigenvalue weighted by Gasteiger charge is 2.30. The molecule has 3 nitrogen and oxygen atoms in total. The van der Waals surface area contributed by atoms with Crippen LogP contribution in [0.3, 0.4) is 0 Å². The summed E-state index contributed by atoms with van der Waals surface area (Å²) in [5.74, 6) is 2.77. The number of aromatic nitrogens is 2. The molecule has 0 saturated heterocycles. The molecular weight excluding hydrogens is 222 g/mol. The molecule has 3 atom stereocenters. The van der Waals surface area contributed by atoms with Crippen LogP contribution in [0.25, 0.3) is 0 Å². The first-order valence-corrected chi connectivity index (χ1v) is 7.45. The maximum absolute atomic E-state index is 4.67. The van der Waals surface area contributed by atoms with E-state index in [4.69, 9.17) is 0 Å². The highest BCUT2D eigenvalue weighted by Crippen LogP contribution is 2.38. The molecule has 3 rings (SSSR count). The van der Waals surface area contributed by atoms with Crippen molar-refractivity contribution in [1.29, 1.82) is 0 Å². The third-order valence-corrected chi connectivity index (χ3v) is 4.51. The molecule has 0 spiro atoms. The van der Waals surface area contributed by atoms with Crippen LogP contribution >= 0.6 is 0 Å². The number of anilines is 1. The normalized spacial score (nSPS) is 32.5. The number of nitrogens with zero attached hydrogens (tertiary/aromatic N) is 2. The van der Waals surface area contributed by atoms with E-state index in [2.05, 4.69) is 41.8 Å². The molecule has 3 unspecified atom stereocenters. The molecule has 3 heteroatoms. The Balaban J connectivity index is 1.81. The molecule has 1 aromatic rings. The lowest BCUT2D eigenvalue weighted by Crippen LogP contribution is -2.25. The van der Waals surface area contributed by atoms with Crippen molar-refractivity contribution in [2.75, 3.05) is 5.32 Å². The highest BCUT2D eigenvalue weighted by atomic mass is 15.2. The quantitative estimate of drug-likeness (QED) is 0.881. The van der Waals surface area contributed by atoms with Gasteiger partial charge < -0.3 is 9.88 Å². The van der Waals surface area contributed by atoms with Gasteiger partial charge in [0.1, 0.15) is 0 Å². The van der Waals surface area contributed by atoms with Crippen LogP contribution in [-0.4, -0.2) is 15.6 Å². The molecular formula is C15H25N3. The Labute approximate surface area is 110 Å². The fourth-order valence-corrected chi connectivity index (χ4v) is 3.35. The fourth-order valence-electron chi connectivity index (χ4n) is 3.35. The lowest BCUT2D eigenvalue weighted by Gasteiger charge is -2.34. The van der Waals surface area contributed by atoms with Gasteiger partial charge >= 0.3 is 0 Å². The molecule has 0 bridgehead atoms. The topological polar surface area (TPSA) is 29.9 Å². The van der Waals surface area contributed by atoms with Crippen LogP contribution in [-0.2, 0) is 0 Å². The zero-order valence-electron chi connectivity index (χ0n) is 11.8. The van der Waals surface area contributed by atoms with Crippen LogP contribution in [0, 0.1) is 18.8 Å². The molecule has 100 valence electrons. The standard InChI is InChI=1S/C15H25N3/c1-10-4-7-14(11(2)8-10)18-9-12(3)16-15(18)17-13-5-6-13/h9-11,13-14H,4-8H2,1-3H3,(H,16,17). The number of hydrogen-bond acceptors (Lipinski definition) is 2. The molecule has 2 saturated carbocycles. The van der Waals surface area contributed by atoms with Gasteiger partial charge in [-0.1, -0.05) is 13.8 Å². The zero-order valence-corrected chi connectivity index (χ0v) is 11.8. The number of nitrogens with one attached hydrogen (secondary N) is 1. The molecule has 1 aromatic heterocycles. The first kappa shape index (κ1) is 12.1. The minimum atomic E-state index is 0.642. The Bertz CT molecular complexity index is 419. The van der Waals surface area contributed by atoms with E-state index in [-0.39, 0.29) is 0 Å². The van der Waals surface area contributed by atoms with Gasteiger partial charge in [0.2, 0.25) is 5.95 Å². The predicted octanol–water partition coefficient (Wildman–Crippen LogP) is 3.76. The Morgan fingerprint density at radius 1 is 1.22 bits per heavy atom. The first-order chi connectivity index (χ1) is 8.63. The monoisotopic (exact) mass is 247 g/mol. The summed E-state index contributed by atoms with van der Waals surface area (Å²) in [6.45, 7) is 6.89. The van der Waals surface area contributed by atoms with E-state index in [1.165, 1.54) is 32.1 Å². The van der Waals surface area contributed by atoms with E-state index in [1.54, 1.807) is 0 Å². The average molecular weight is 247 g/mol. The van der Waals surface area contributed by atoms with Crippen molar-refractivity contribution in [2.24, 2.45) is 11.8 Å². The Kier molecular flexibility index (Phi) is 3.08. The molecule has 0 amide bonds. The SMILES string of the molecule is Cc1cn(C2CCC(C)CC2C)c(NC2CC2)n1. The molecule has 2 aliphatic carbocycles. The average Bonchev–Trinajstić information content (AvgIpc) is 3.03. The largest absolute Gasteiger partial charge is 0.353 e. The van der Waals surface area contributed by atoms with Gasteiger partial charge in [0, 0.05) is 18.3 Å². The Hall–Kier alpha value is -0.990. The van der Waals surface area contributed by atoms with Crippen LogP contribution in [0.15, 0.2) is 6.20 Å². The van der Waals surface area contributed by atoms with Gasteiger partial charge in [-0.2, -0.15) is 0 Å². The van der Waals surface area contributed by atoms with Gasteiger partial charge in [-0.05, 0) is 50.9 Å². The second-order valence-corrected chi connectivity index (χ2v) is 6.49. The Morgan fingerprint density at radius 2 is 2.00 bits per heavy atom. The molecule has 0 aliphatic heterocycles. The number of hydrogen-bond donors (Lipinski definition) is 1. The number of aryl methyl sites for hydroxylation is 1. The maximum atomic E-state index is 4.67. The van der Waals surface area contributed by atoms with Gasteiger partial charge in [-0.25, -0.2) is 4.98 Å². The van der Waals surface area contributed by atoms with Crippen LogP contribution in [0.4, 0.5) is 5.95 Å². The second kappa shape index (κ2) is 4.60. The van der Waals surface area contributed by atoms with Gasteiger partial charge in [0.15, 0.2) is 0 Å². The summed E-state index contributed by atoms with van der Waals surface area (Å²) in [6.07, 6.45) is 8.87. The van der Waals surface area contributed by atoms with E-state index in [9.17, 15) is 0 Å². The third-order valence-electron chi connectivity index (χ3n) is 4.51. The van der Waals surface area contributed by atoms with Crippen molar-refractivity contribution in [2.45, 2.75) is 65.0 Å². The van der Waals surface area contributed by atoms with Crippen LogP contribution in [0.2, 0.25) is 0 Å². The van der Waals surface area contributed by atoms with E-state index >= 15 is 0 Å². The van der Waals surface area contributed by atoms with Gasteiger partial charge in [0.05, 0.1) is 5.69 Å². The number of rotatable bonds is 3. The van der Waals surface area contributed by atoms with Crippen molar-refractivity contribution in [3.05, 3.63) is 11.9 Å². The summed E-state index contributed by atoms with van der Waals surface area (Å²) in [4.78, 5) is 4.67. The lowest BCUT2D eigenvalue weighted by molar-refractivity contribution is 0.209. The summed E-state index contributed by atoms with van der Waals surface area (Å²) in [6, 6.07) is 1.33. The molecule has 2 fully saturated rings. The third kappa shape index (κ3) is 2.40. The van der Waals surface area contributed by atoms with E-state index in [0.717, 1.165) is 23.5 Å². The molecule has 1 N–H and O–H groups in total. The van der Waals surface area contributed by atoms with Crippen LogP contribution in [0.5, 0.6) is 0 Å². The van der Waals surface area contributed by atoms with Crippen molar-refractivity contribution >= 4 is 5.95 Å². The summed E-state index contributed by atoms with van der Waals surface area (Å²) in [5, 5.41) is 3.59. The maximum Gasteiger partial charge on any atom is 0.203 e. The predicted molar refractivity (Wildman–Crippen MR) is 74.8 cm³/mol. The minimum Gasteiger partial charge on any atom is -0.353 e. The van der Waals surface area contributed by atoms with Crippen LogP contribution < -0.4 is 5.32 Å². The lowest BCUT2D eigenvalue weighted by atomic mass is 9.80. The summed E-state index contributed by atoms with van der Waals surface area (Å²) >= 11 is 0. The van der Waals surface area contributed by atoms with Gasteiger partial charge in [0.25, 0.3) is 0 Å². The van der Waals surface area contributed by atoms with Crippen molar-refractivity contribution < 1.29 is 0 Å². The van der Waals surface area contributed by atoms with Gasteiger partial charge in [-0.15, -0.1) is 0 Å². The summed E-state index contributed by atoms with van der Waals surface area (Å²) < 4.78 is 2.42. The minimum absolute atomic E-state index is 0.642. The van der Waals surface area contributed by atoms with Crippen molar-refractivity contribution in [3.63, 3.8) is 0 Å². The van der Waals surface area contributed by atoms with E-state index in [0.29, 0.717) is 12.1 Å². The number of imidazole rings is 1. The Morgan fingerprint density at radius 3 is 2.67 bits per heavy atom. The molecule has 18 heavy (non-hydrogen) atoms. The summed E-state index contributed by atoms with van der Waals surface area (Å²) in [5.41, 5.74) is 1.14. The second-order valence-electron chi connectivity index (χ2n) is 6.49. The van der Waals surface area contributed by atoms with Crippen molar-refractivity contribution in [1.82, 2.24) is 9.55 Å². The van der Waals surface area contributed by atoms with Crippen LogP contribution in [0.1, 0.15) is 57.7 Å². The first-order valence-electron chi connectivity index (χ1n) is 7.45. The highest BCUT2D eigenvalue weighted by molar-refractivity contribution is 5.33. The van der Waals surface area contributed by atoms with Gasteiger partial charge in [-0.3, -0.25) is 0 Å². The molecule has 0 aromatic carbocycles.